The molecule has 0 fully saturated rings. The van der Waals surface area contributed by atoms with Gasteiger partial charge in [-0.15, -0.1) is 0 Å². The van der Waals surface area contributed by atoms with Gasteiger partial charge in [-0.2, -0.15) is 0 Å². The molecular weight excluding hydrogens is 158 g/mol. The molecule has 12 heavy (non-hydrogen) atoms. The lowest BCUT2D eigenvalue weighted by Gasteiger charge is -1.83. The number of aromatic amines is 1. The number of hydrogen-bond donors (Lipinski definition) is 2. The van der Waals surface area contributed by atoms with E-state index in [1.165, 1.54) is 6.08 Å². The first-order valence-electron chi connectivity index (χ1n) is 3.29. The van der Waals surface area contributed by atoms with Crippen molar-refractivity contribution in [2.45, 2.75) is 0 Å². The molecule has 0 aliphatic carbocycles. The van der Waals surface area contributed by atoms with Gasteiger partial charge in [-0.05, 0) is 24.3 Å². The normalized spacial score (nSPS) is 10.3. The molecule has 0 aliphatic heterocycles. The van der Waals surface area contributed by atoms with E-state index in [-0.39, 0.29) is 0 Å². The lowest BCUT2D eigenvalue weighted by Crippen LogP contribution is -2.08. The second kappa shape index (κ2) is 3.52. The van der Waals surface area contributed by atoms with Crippen LogP contribution < -0.4 is 0 Å². The van der Waals surface area contributed by atoms with Crippen molar-refractivity contribution < 1.29 is 14.7 Å². The van der Waals surface area contributed by atoms with Crippen LogP contribution >= 0.6 is 0 Å². The molecule has 1 heterocycles. The van der Waals surface area contributed by atoms with E-state index in [9.17, 15) is 9.59 Å². The maximum atomic E-state index is 10.5. The monoisotopic (exact) mass is 165 g/mol. The number of aliphatic carboxylic acids is 1. The molecule has 2 N–H and O–H groups in total. The predicted octanol–water partition coefficient (Wildman–Crippen LogP) is 0.682. The number of aromatic nitrogens is 1. The van der Waals surface area contributed by atoms with Crippen molar-refractivity contribution in [1.29, 1.82) is 0 Å². The Hall–Kier alpha value is -1.84. The summed E-state index contributed by atoms with van der Waals surface area (Å²) in [5.74, 6) is -2.37. The zero-order valence-electron chi connectivity index (χ0n) is 6.15. The summed E-state index contributed by atoms with van der Waals surface area (Å²) in [6.07, 6.45) is 4.11. The first kappa shape index (κ1) is 8.26. The first-order valence-corrected chi connectivity index (χ1v) is 3.29. The van der Waals surface area contributed by atoms with Crippen LogP contribution in [0.1, 0.15) is 5.69 Å². The molecule has 0 amide bonds. The number of carboxylic acid groups (broad SMARTS) is 1. The Labute approximate surface area is 68.5 Å². The van der Waals surface area contributed by atoms with Gasteiger partial charge in [0.25, 0.3) is 5.78 Å². The van der Waals surface area contributed by atoms with Crippen LogP contribution in [0.15, 0.2) is 24.4 Å². The van der Waals surface area contributed by atoms with Crippen molar-refractivity contribution in [2.75, 3.05) is 0 Å². The van der Waals surface area contributed by atoms with Gasteiger partial charge in [-0.3, -0.25) is 4.79 Å². The molecule has 0 aliphatic rings. The Morgan fingerprint density at radius 2 is 2.25 bits per heavy atom. The molecule has 0 aromatic carbocycles. The summed E-state index contributed by atoms with van der Waals surface area (Å²) in [6, 6.07) is 3.48. The van der Waals surface area contributed by atoms with Gasteiger partial charge in [0.1, 0.15) is 0 Å². The average molecular weight is 165 g/mol. The highest BCUT2D eigenvalue weighted by Gasteiger charge is 2.04. The van der Waals surface area contributed by atoms with E-state index >= 15 is 0 Å². The van der Waals surface area contributed by atoms with E-state index in [0.29, 0.717) is 5.69 Å². The SMILES string of the molecule is O=C(O)C(=O)/C=C/c1ccc[nH]1. The number of hydrogen-bond acceptors (Lipinski definition) is 2. The lowest BCUT2D eigenvalue weighted by atomic mass is 10.3. The zero-order valence-corrected chi connectivity index (χ0v) is 6.15. The third-order valence-electron chi connectivity index (χ3n) is 1.25. The van der Waals surface area contributed by atoms with Crippen LogP contribution in [-0.2, 0) is 9.59 Å². The molecule has 0 bridgehead atoms. The molecule has 0 atom stereocenters. The third kappa shape index (κ3) is 2.09. The Kier molecular flexibility index (Phi) is 2.42. The van der Waals surface area contributed by atoms with Gasteiger partial charge in [-0.1, -0.05) is 0 Å². The van der Waals surface area contributed by atoms with Gasteiger partial charge in [0.2, 0.25) is 0 Å². The van der Waals surface area contributed by atoms with Gasteiger partial charge in [0.15, 0.2) is 0 Å². The number of rotatable bonds is 3. The van der Waals surface area contributed by atoms with E-state index < -0.39 is 11.8 Å². The summed E-state index contributed by atoms with van der Waals surface area (Å²) in [4.78, 5) is 23.4. The van der Waals surface area contributed by atoms with Crippen LogP contribution in [0.4, 0.5) is 0 Å². The fourth-order valence-electron chi connectivity index (χ4n) is 0.685. The number of ketones is 1. The van der Waals surface area contributed by atoms with Crippen LogP contribution in [0, 0.1) is 0 Å². The van der Waals surface area contributed by atoms with Crippen molar-refractivity contribution in [3.8, 4) is 0 Å². The largest absolute Gasteiger partial charge is 0.475 e. The number of carbonyl (C=O) groups excluding carboxylic acids is 1. The van der Waals surface area contributed by atoms with Gasteiger partial charge in [0, 0.05) is 11.9 Å². The Morgan fingerprint density at radius 3 is 2.75 bits per heavy atom. The fourth-order valence-corrected chi connectivity index (χ4v) is 0.685. The minimum Gasteiger partial charge on any atom is -0.475 e. The highest BCUT2D eigenvalue weighted by molar-refractivity contribution is 6.38. The number of nitrogens with one attached hydrogen (secondary N) is 1. The van der Waals surface area contributed by atoms with Crippen LogP contribution in [0.2, 0.25) is 0 Å². The van der Waals surface area contributed by atoms with Gasteiger partial charge >= 0.3 is 5.97 Å². The molecule has 0 saturated carbocycles. The Bertz CT molecular complexity index is 311. The number of carbonyl (C=O) groups is 2. The number of H-pyrrole nitrogens is 1. The molecule has 0 saturated heterocycles. The summed E-state index contributed by atoms with van der Waals surface area (Å²) in [5.41, 5.74) is 0.699. The Balaban J connectivity index is 2.63. The maximum Gasteiger partial charge on any atom is 0.376 e. The molecule has 0 unspecified atom stereocenters. The molecule has 1 rings (SSSR count). The highest BCUT2D eigenvalue weighted by atomic mass is 16.4. The summed E-state index contributed by atoms with van der Waals surface area (Å²) in [5, 5.41) is 8.20. The van der Waals surface area contributed by atoms with E-state index in [4.69, 9.17) is 5.11 Å². The summed E-state index contributed by atoms with van der Waals surface area (Å²) in [6.45, 7) is 0. The summed E-state index contributed by atoms with van der Waals surface area (Å²) < 4.78 is 0. The van der Waals surface area contributed by atoms with E-state index in [1.807, 2.05) is 0 Å². The summed E-state index contributed by atoms with van der Waals surface area (Å²) >= 11 is 0. The molecule has 4 nitrogen and oxygen atoms in total. The quantitative estimate of drug-likeness (QED) is 0.511. The molecule has 1 aromatic heterocycles. The average Bonchev–Trinajstić information content (AvgIpc) is 2.51. The topological polar surface area (TPSA) is 70.2 Å². The van der Waals surface area contributed by atoms with Gasteiger partial charge in [0.05, 0.1) is 0 Å². The predicted molar refractivity (Wildman–Crippen MR) is 42.5 cm³/mol. The zero-order chi connectivity index (χ0) is 8.97. The van der Waals surface area contributed by atoms with Crippen molar-refractivity contribution >= 4 is 17.8 Å². The molecule has 0 radical (unpaired) electrons. The second-order valence-electron chi connectivity index (χ2n) is 2.13. The smallest absolute Gasteiger partial charge is 0.376 e. The van der Waals surface area contributed by atoms with E-state index in [2.05, 4.69) is 4.98 Å². The van der Waals surface area contributed by atoms with Crippen LogP contribution in [0.25, 0.3) is 6.08 Å². The van der Waals surface area contributed by atoms with Crippen LogP contribution in [-0.4, -0.2) is 21.8 Å². The molecule has 1 aromatic rings. The minimum atomic E-state index is -1.45. The minimum absolute atomic E-state index is 0.699. The van der Waals surface area contributed by atoms with Crippen molar-refractivity contribution in [3.05, 3.63) is 30.1 Å². The van der Waals surface area contributed by atoms with Crippen molar-refractivity contribution in [1.82, 2.24) is 4.98 Å². The van der Waals surface area contributed by atoms with Crippen LogP contribution in [0.5, 0.6) is 0 Å². The second-order valence-corrected chi connectivity index (χ2v) is 2.13. The van der Waals surface area contributed by atoms with Gasteiger partial charge < -0.3 is 10.1 Å². The van der Waals surface area contributed by atoms with Gasteiger partial charge in [-0.25, -0.2) is 4.79 Å². The standard InChI is InChI=1S/C8H7NO3/c10-7(8(11)12)4-3-6-2-1-5-9-6/h1-5,9H,(H,11,12)/b4-3+. The van der Waals surface area contributed by atoms with E-state index in [1.54, 1.807) is 18.3 Å². The molecule has 4 heteroatoms. The highest BCUT2D eigenvalue weighted by Crippen LogP contribution is 1.96. The fraction of sp³-hybridized carbons (Fsp3) is 0. The van der Waals surface area contributed by atoms with Crippen LogP contribution in [0.3, 0.4) is 0 Å². The molecular formula is C8H7NO3. The van der Waals surface area contributed by atoms with E-state index in [0.717, 1.165) is 6.08 Å². The van der Waals surface area contributed by atoms with Crippen molar-refractivity contribution in [3.63, 3.8) is 0 Å². The molecule has 62 valence electrons. The lowest BCUT2D eigenvalue weighted by molar-refractivity contribution is -0.146. The summed E-state index contributed by atoms with van der Waals surface area (Å²) in [7, 11) is 0. The van der Waals surface area contributed by atoms with Crippen molar-refractivity contribution in [2.24, 2.45) is 0 Å². The Morgan fingerprint density at radius 1 is 1.50 bits per heavy atom. The number of carboxylic acids is 1. The molecule has 0 spiro atoms. The first-order chi connectivity index (χ1) is 5.70. The maximum absolute atomic E-state index is 10.5. The third-order valence-corrected chi connectivity index (χ3v) is 1.25.